The lowest BCUT2D eigenvalue weighted by Crippen LogP contribution is -2.23. The summed E-state index contributed by atoms with van der Waals surface area (Å²) in [5.74, 6) is 0.349. The summed E-state index contributed by atoms with van der Waals surface area (Å²) >= 11 is 0. The van der Waals surface area contributed by atoms with Gasteiger partial charge < -0.3 is 14.9 Å². The molecular weight excluding hydrogens is 230 g/mol. The zero-order valence-electron chi connectivity index (χ0n) is 10.8. The highest BCUT2D eigenvalue weighted by atomic mass is 16.6. The Bertz CT molecular complexity index is 578. The summed E-state index contributed by atoms with van der Waals surface area (Å²) < 4.78 is 10.8. The second-order valence-corrected chi connectivity index (χ2v) is 5.17. The summed E-state index contributed by atoms with van der Waals surface area (Å²) in [5.41, 5.74) is 6.14. The molecule has 0 radical (unpaired) electrons. The lowest BCUT2D eigenvalue weighted by Gasteiger charge is -2.19. The third kappa shape index (κ3) is 2.71. The van der Waals surface area contributed by atoms with Crippen LogP contribution in [0.4, 0.5) is 0 Å². The van der Waals surface area contributed by atoms with E-state index in [1.165, 1.54) is 0 Å². The predicted molar refractivity (Wildman–Crippen MR) is 69.3 cm³/mol. The van der Waals surface area contributed by atoms with Crippen LogP contribution in [0, 0.1) is 0 Å². The molecule has 1 aromatic carbocycles. The number of esters is 1. The lowest BCUT2D eigenvalue weighted by atomic mass is 10.1. The van der Waals surface area contributed by atoms with Gasteiger partial charge in [-0.2, -0.15) is 0 Å². The molecule has 18 heavy (non-hydrogen) atoms. The van der Waals surface area contributed by atoms with Gasteiger partial charge in [-0.3, -0.25) is 0 Å². The molecule has 0 spiro atoms. The zero-order valence-corrected chi connectivity index (χ0v) is 10.8. The van der Waals surface area contributed by atoms with E-state index in [-0.39, 0.29) is 5.97 Å². The molecule has 0 aliphatic heterocycles. The van der Waals surface area contributed by atoms with Crippen molar-refractivity contribution in [2.24, 2.45) is 5.73 Å². The molecule has 4 heteroatoms. The average Bonchev–Trinajstić information content (AvgIpc) is 2.68. The molecule has 0 amide bonds. The maximum atomic E-state index is 11.9. The van der Waals surface area contributed by atoms with E-state index in [1.54, 1.807) is 12.1 Å². The van der Waals surface area contributed by atoms with Gasteiger partial charge in [-0.15, -0.1) is 0 Å². The van der Waals surface area contributed by atoms with E-state index in [9.17, 15) is 4.79 Å². The number of hydrogen-bond donors (Lipinski definition) is 1. The minimum atomic E-state index is -0.502. The summed E-state index contributed by atoms with van der Waals surface area (Å²) in [6, 6.07) is 7.11. The topological polar surface area (TPSA) is 65.5 Å². The number of furan rings is 1. The van der Waals surface area contributed by atoms with Crippen molar-refractivity contribution in [2.75, 3.05) is 0 Å². The Balaban J connectivity index is 2.32. The lowest BCUT2D eigenvalue weighted by molar-refractivity contribution is 0.00696. The number of rotatable bonds is 2. The number of nitrogens with two attached hydrogens (primary N) is 1. The molecule has 0 fully saturated rings. The van der Waals surface area contributed by atoms with Crippen LogP contribution >= 0.6 is 0 Å². The van der Waals surface area contributed by atoms with E-state index in [2.05, 4.69) is 0 Å². The smallest absolute Gasteiger partial charge is 0.338 e. The predicted octanol–water partition coefficient (Wildman–Crippen LogP) is 2.85. The quantitative estimate of drug-likeness (QED) is 0.829. The normalized spacial score (nSPS) is 11.8. The summed E-state index contributed by atoms with van der Waals surface area (Å²) in [6.07, 6.45) is 0. The number of benzene rings is 1. The van der Waals surface area contributed by atoms with Crippen LogP contribution in [-0.2, 0) is 11.3 Å². The van der Waals surface area contributed by atoms with Crippen LogP contribution in [0.25, 0.3) is 11.0 Å². The highest BCUT2D eigenvalue weighted by Crippen LogP contribution is 2.22. The Kier molecular flexibility index (Phi) is 3.13. The maximum absolute atomic E-state index is 11.9. The van der Waals surface area contributed by atoms with Crippen molar-refractivity contribution in [3.63, 3.8) is 0 Å². The van der Waals surface area contributed by atoms with Crippen molar-refractivity contribution in [1.82, 2.24) is 0 Å². The Hall–Kier alpha value is -1.81. The molecule has 0 unspecified atom stereocenters. The molecule has 1 heterocycles. The van der Waals surface area contributed by atoms with Gasteiger partial charge in [0.1, 0.15) is 16.9 Å². The van der Waals surface area contributed by atoms with Crippen molar-refractivity contribution in [2.45, 2.75) is 32.9 Å². The van der Waals surface area contributed by atoms with Gasteiger partial charge in [-0.25, -0.2) is 4.79 Å². The first-order chi connectivity index (χ1) is 8.39. The van der Waals surface area contributed by atoms with Crippen molar-refractivity contribution in [3.05, 3.63) is 35.6 Å². The fraction of sp³-hybridized carbons (Fsp3) is 0.357. The maximum Gasteiger partial charge on any atom is 0.338 e. The van der Waals surface area contributed by atoms with E-state index in [4.69, 9.17) is 14.9 Å². The fourth-order valence-electron chi connectivity index (χ4n) is 1.65. The Morgan fingerprint density at radius 3 is 2.67 bits per heavy atom. The van der Waals surface area contributed by atoms with Crippen molar-refractivity contribution in [1.29, 1.82) is 0 Å². The second kappa shape index (κ2) is 4.46. The van der Waals surface area contributed by atoms with Gasteiger partial charge >= 0.3 is 5.97 Å². The Labute approximate surface area is 106 Å². The second-order valence-electron chi connectivity index (χ2n) is 5.17. The summed E-state index contributed by atoms with van der Waals surface area (Å²) in [6.45, 7) is 5.85. The first kappa shape index (κ1) is 12.6. The van der Waals surface area contributed by atoms with Crippen LogP contribution in [0.1, 0.15) is 36.9 Å². The molecular formula is C14H17NO3. The third-order valence-corrected chi connectivity index (χ3v) is 2.41. The number of carbonyl (C=O) groups excluding carboxylic acids is 1. The number of hydrogen-bond acceptors (Lipinski definition) is 4. The molecule has 2 aromatic rings. The summed E-state index contributed by atoms with van der Waals surface area (Å²) in [7, 11) is 0. The van der Waals surface area contributed by atoms with Crippen LogP contribution < -0.4 is 5.73 Å². The standard InChI is InChI=1S/C14H17NO3/c1-14(2,3)18-13(16)10-5-4-9-6-11(8-15)17-12(9)7-10/h4-7H,8,15H2,1-3H3. The number of ether oxygens (including phenoxy) is 1. The molecule has 0 aliphatic carbocycles. The van der Waals surface area contributed by atoms with E-state index in [0.717, 1.165) is 5.39 Å². The van der Waals surface area contributed by atoms with Gasteiger partial charge in [0, 0.05) is 5.39 Å². The van der Waals surface area contributed by atoms with Gasteiger partial charge in [-0.1, -0.05) is 6.07 Å². The molecule has 0 bridgehead atoms. The molecule has 2 N–H and O–H groups in total. The van der Waals surface area contributed by atoms with Crippen LogP contribution in [0.15, 0.2) is 28.7 Å². The van der Waals surface area contributed by atoms with E-state index >= 15 is 0 Å². The highest BCUT2D eigenvalue weighted by molar-refractivity contribution is 5.94. The minimum absolute atomic E-state index is 0.344. The van der Waals surface area contributed by atoms with E-state index < -0.39 is 5.60 Å². The minimum Gasteiger partial charge on any atom is -0.460 e. The van der Waals surface area contributed by atoms with Crippen LogP contribution in [0.5, 0.6) is 0 Å². The van der Waals surface area contributed by atoms with Gasteiger partial charge in [0.15, 0.2) is 0 Å². The van der Waals surface area contributed by atoms with Crippen molar-refractivity contribution >= 4 is 16.9 Å². The SMILES string of the molecule is CC(C)(C)OC(=O)c1ccc2cc(CN)oc2c1. The van der Waals surface area contributed by atoms with E-state index in [1.807, 2.05) is 32.9 Å². The average molecular weight is 247 g/mol. The van der Waals surface area contributed by atoms with Gasteiger partial charge in [-0.05, 0) is 39.0 Å². The van der Waals surface area contributed by atoms with Gasteiger partial charge in [0.05, 0.1) is 12.1 Å². The van der Waals surface area contributed by atoms with Crippen molar-refractivity contribution < 1.29 is 13.9 Å². The molecule has 2 rings (SSSR count). The molecule has 1 aromatic heterocycles. The first-order valence-electron chi connectivity index (χ1n) is 5.85. The van der Waals surface area contributed by atoms with Crippen molar-refractivity contribution in [3.8, 4) is 0 Å². The number of carbonyl (C=O) groups is 1. The molecule has 0 aliphatic rings. The Morgan fingerprint density at radius 1 is 1.33 bits per heavy atom. The van der Waals surface area contributed by atoms with Crippen LogP contribution in [-0.4, -0.2) is 11.6 Å². The number of fused-ring (bicyclic) bond motifs is 1. The summed E-state index contributed by atoms with van der Waals surface area (Å²) in [5, 5.41) is 0.933. The summed E-state index contributed by atoms with van der Waals surface area (Å²) in [4.78, 5) is 11.9. The molecule has 4 nitrogen and oxygen atoms in total. The molecule has 0 saturated heterocycles. The molecule has 0 atom stereocenters. The Morgan fingerprint density at radius 2 is 2.06 bits per heavy atom. The largest absolute Gasteiger partial charge is 0.460 e. The van der Waals surface area contributed by atoms with E-state index in [0.29, 0.717) is 23.5 Å². The fourth-order valence-corrected chi connectivity index (χ4v) is 1.65. The van der Waals surface area contributed by atoms with Crippen LogP contribution in [0.3, 0.4) is 0 Å². The molecule has 0 saturated carbocycles. The third-order valence-electron chi connectivity index (χ3n) is 2.41. The van der Waals surface area contributed by atoms with Gasteiger partial charge in [0.2, 0.25) is 0 Å². The molecule has 96 valence electrons. The monoisotopic (exact) mass is 247 g/mol. The zero-order chi connectivity index (χ0) is 13.3. The van der Waals surface area contributed by atoms with Crippen LogP contribution in [0.2, 0.25) is 0 Å². The van der Waals surface area contributed by atoms with Gasteiger partial charge in [0.25, 0.3) is 0 Å². The highest BCUT2D eigenvalue weighted by Gasteiger charge is 2.18. The first-order valence-corrected chi connectivity index (χ1v) is 5.85.